The minimum atomic E-state index is 0.924. The third-order valence-corrected chi connectivity index (χ3v) is 2.97. The first-order chi connectivity index (χ1) is 8.41. The predicted molar refractivity (Wildman–Crippen MR) is 80.1 cm³/mol. The molecule has 0 aromatic carbocycles. The van der Waals surface area contributed by atoms with Gasteiger partial charge in [-0.2, -0.15) is 0 Å². The zero-order chi connectivity index (χ0) is 12.6. The average molecular weight is 235 g/mol. The van der Waals surface area contributed by atoms with E-state index in [1.807, 2.05) is 0 Å². The van der Waals surface area contributed by atoms with Crippen LogP contribution in [0.25, 0.3) is 0 Å². The molecule has 0 heterocycles. The normalized spacial score (nSPS) is 11.9. The molecule has 0 aliphatic rings. The third kappa shape index (κ3) is 15.5. The number of allylic oxidation sites excluding steroid dienone is 4. The molecule has 0 aliphatic heterocycles. The minimum Gasteiger partial charge on any atom is -0.0885 e. The van der Waals surface area contributed by atoms with E-state index < -0.39 is 0 Å². The van der Waals surface area contributed by atoms with E-state index in [4.69, 9.17) is 0 Å². The molecule has 0 N–H and O–H groups in total. The molecular weight excluding hydrogens is 204 g/mol. The predicted octanol–water partition coefficient (Wildman–Crippen LogP) is 6.24. The van der Waals surface area contributed by atoms with Gasteiger partial charge in [-0.3, -0.25) is 0 Å². The van der Waals surface area contributed by atoms with Crippen LogP contribution < -0.4 is 0 Å². The zero-order valence-corrected chi connectivity index (χ0v) is 11.8. The smallest absolute Gasteiger partial charge is 0.0348 e. The third-order valence-electron chi connectivity index (χ3n) is 2.97. The Bertz CT molecular complexity index is 176. The Morgan fingerprint density at radius 2 is 1.18 bits per heavy atom. The van der Waals surface area contributed by atoms with Gasteiger partial charge >= 0.3 is 0 Å². The van der Waals surface area contributed by atoms with Gasteiger partial charge in [-0.15, -0.1) is 0 Å². The summed E-state index contributed by atoms with van der Waals surface area (Å²) in [5.41, 5.74) is 0. The van der Waals surface area contributed by atoms with Crippen molar-refractivity contribution in [1.29, 1.82) is 0 Å². The van der Waals surface area contributed by atoms with Gasteiger partial charge in [-0.25, -0.2) is 0 Å². The summed E-state index contributed by atoms with van der Waals surface area (Å²) in [7, 11) is 0. The van der Waals surface area contributed by atoms with Crippen molar-refractivity contribution < 1.29 is 0 Å². The van der Waals surface area contributed by atoms with Gasteiger partial charge < -0.3 is 0 Å². The van der Waals surface area contributed by atoms with Crippen LogP contribution in [0.4, 0.5) is 0 Å². The first-order valence-corrected chi connectivity index (χ1v) is 7.51. The monoisotopic (exact) mass is 235 g/mol. The summed E-state index contributed by atoms with van der Waals surface area (Å²) in [6, 6.07) is 0. The standard InChI is InChI=1S/C17H31/c1-3-5-7-9-11-13-15-17-16-14-12-10-8-6-4-2/h5,7,15,17H,1,3-4,6,8-14,16H2,2H3. The van der Waals surface area contributed by atoms with Crippen molar-refractivity contribution in [2.24, 2.45) is 0 Å². The Kier molecular flexibility index (Phi) is 15.0. The van der Waals surface area contributed by atoms with Crippen LogP contribution in [0.2, 0.25) is 0 Å². The van der Waals surface area contributed by atoms with Crippen molar-refractivity contribution in [2.45, 2.75) is 77.6 Å². The van der Waals surface area contributed by atoms with Gasteiger partial charge in [0, 0.05) is 0 Å². The molecule has 0 heteroatoms. The summed E-state index contributed by atoms with van der Waals surface area (Å²) in [6.45, 7) is 6.05. The van der Waals surface area contributed by atoms with Gasteiger partial charge in [0.2, 0.25) is 0 Å². The Labute approximate surface area is 109 Å². The SMILES string of the molecule is [CH2]CC=CCCCC=CCCCCCCCC. The van der Waals surface area contributed by atoms with E-state index in [2.05, 4.69) is 38.2 Å². The number of unbranched alkanes of at least 4 members (excludes halogenated alkanes) is 8. The second-order valence-electron chi connectivity index (χ2n) is 4.72. The van der Waals surface area contributed by atoms with Crippen molar-refractivity contribution >= 4 is 0 Å². The second-order valence-corrected chi connectivity index (χ2v) is 4.72. The molecule has 0 aromatic heterocycles. The lowest BCUT2D eigenvalue weighted by atomic mass is 10.1. The van der Waals surface area contributed by atoms with E-state index in [9.17, 15) is 0 Å². The van der Waals surface area contributed by atoms with Crippen LogP contribution in [-0.4, -0.2) is 0 Å². The molecule has 1 radical (unpaired) electrons. The van der Waals surface area contributed by atoms with Gasteiger partial charge in [-0.1, -0.05) is 63.3 Å². The molecule has 0 unspecified atom stereocenters. The van der Waals surface area contributed by atoms with Gasteiger partial charge in [-0.05, 0) is 45.4 Å². The maximum atomic E-state index is 3.78. The Balaban J connectivity index is 3.07. The summed E-state index contributed by atoms with van der Waals surface area (Å²) in [4.78, 5) is 0. The Morgan fingerprint density at radius 1 is 0.647 bits per heavy atom. The van der Waals surface area contributed by atoms with Gasteiger partial charge in [0.1, 0.15) is 0 Å². The quantitative estimate of drug-likeness (QED) is 0.277. The fraction of sp³-hybridized carbons (Fsp3) is 0.706. The molecule has 0 atom stereocenters. The maximum absolute atomic E-state index is 3.78. The molecule has 0 amide bonds. The highest BCUT2D eigenvalue weighted by atomic mass is 13.9. The van der Waals surface area contributed by atoms with Crippen LogP contribution >= 0.6 is 0 Å². The van der Waals surface area contributed by atoms with Crippen molar-refractivity contribution in [3.8, 4) is 0 Å². The summed E-state index contributed by atoms with van der Waals surface area (Å²) in [5, 5.41) is 0. The molecule has 0 aromatic rings. The topological polar surface area (TPSA) is 0 Å². The van der Waals surface area contributed by atoms with Gasteiger partial charge in [0.05, 0.1) is 0 Å². The molecule has 0 rings (SSSR count). The molecule has 0 nitrogen and oxygen atoms in total. The highest BCUT2D eigenvalue weighted by Gasteiger charge is 1.88. The minimum absolute atomic E-state index is 0.924. The first-order valence-electron chi connectivity index (χ1n) is 7.51. The van der Waals surface area contributed by atoms with Gasteiger partial charge in [0.25, 0.3) is 0 Å². The van der Waals surface area contributed by atoms with Crippen LogP contribution in [0.3, 0.4) is 0 Å². The van der Waals surface area contributed by atoms with E-state index in [1.165, 1.54) is 64.2 Å². The summed E-state index contributed by atoms with van der Waals surface area (Å²) in [5.74, 6) is 0. The number of hydrogen-bond donors (Lipinski definition) is 0. The van der Waals surface area contributed by atoms with Crippen molar-refractivity contribution in [1.82, 2.24) is 0 Å². The van der Waals surface area contributed by atoms with Gasteiger partial charge in [0.15, 0.2) is 0 Å². The van der Waals surface area contributed by atoms with Crippen LogP contribution in [-0.2, 0) is 0 Å². The average Bonchev–Trinajstić information content (AvgIpc) is 2.35. The summed E-state index contributed by atoms with van der Waals surface area (Å²) >= 11 is 0. The fourth-order valence-electron chi connectivity index (χ4n) is 1.87. The van der Waals surface area contributed by atoms with Crippen molar-refractivity contribution in [2.75, 3.05) is 0 Å². The van der Waals surface area contributed by atoms with Crippen molar-refractivity contribution in [3.63, 3.8) is 0 Å². The first kappa shape index (κ1) is 16.5. The summed E-state index contributed by atoms with van der Waals surface area (Å²) < 4.78 is 0. The lowest BCUT2D eigenvalue weighted by Crippen LogP contribution is -1.77. The lowest BCUT2D eigenvalue weighted by molar-refractivity contribution is 0.611. The summed E-state index contributed by atoms with van der Waals surface area (Å²) in [6.07, 6.45) is 23.4. The highest BCUT2D eigenvalue weighted by Crippen LogP contribution is 2.07. The molecule has 17 heavy (non-hydrogen) atoms. The van der Waals surface area contributed by atoms with E-state index in [0.717, 1.165) is 6.42 Å². The molecule has 0 saturated heterocycles. The fourth-order valence-corrected chi connectivity index (χ4v) is 1.87. The lowest BCUT2D eigenvalue weighted by Gasteiger charge is -1.97. The van der Waals surface area contributed by atoms with E-state index in [-0.39, 0.29) is 0 Å². The Morgan fingerprint density at radius 3 is 1.82 bits per heavy atom. The van der Waals surface area contributed by atoms with Crippen molar-refractivity contribution in [3.05, 3.63) is 31.2 Å². The molecular formula is C17H31. The number of rotatable bonds is 12. The molecule has 0 aliphatic carbocycles. The number of hydrogen-bond acceptors (Lipinski definition) is 0. The molecule has 0 bridgehead atoms. The Hall–Kier alpha value is -0.520. The second kappa shape index (κ2) is 15.5. The van der Waals surface area contributed by atoms with E-state index in [1.54, 1.807) is 0 Å². The van der Waals surface area contributed by atoms with E-state index in [0.29, 0.717) is 0 Å². The maximum Gasteiger partial charge on any atom is -0.0348 e. The highest BCUT2D eigenvalue weighted by molar-refractivity contribution is 4.85. The largest absolute Gasteiger partial charge is 0.0885 e. The van der Waals surface area contributed by atoms with Crippen LogP contribution in [0.15, 0.2) is 24.3 Å². The van der Waals surface area contributed by atoms with E-state index >= 15 is 0 Å². The van der Waals surface area contributed by atoms with Crippen LogP contribution in [0.5, 0.6) is 0 Å². The van der Waals surface area contributed by atoms with Crippen LogP contribution in [0, 0.1) is 6.92 Å². The molecule has 0 fully saturated rings. The molecule has 99 valence electrons. The zero-order valence-electron chi connectivity index (χ0n) is 11.8. The van der Waals surface area contributed by atoms with Crippen LogP contribution in [0.1, 0.15) is 77.6 Å². The molecule has 0 spiro atoms. The molecule has 0 saturated carbocycles.